The minimum Gasteiger partial charge on any atom is -0.360 e. The van der Waals surface area contributed by atoms with Crippen LogP contribution >= 0.6 is 15.9 Å². The van der Waals surface area contributed by atoms with Gasteiger partial charge in [0.15, 0.2) is 5.82 Å². The number of carbonyl (C=O) groups excluding carboxylic acids is 2. The van der Waals surface area contributed by atoms with Crippen LogP contribution in [0.15, 0.2) is 39.3 Å². The van der Waals surface area contributed by atoms with Gasteiger partial charge in [0.25, 0.3) is 5.91 Å². The number of halogens is 1. The average Bonchev–Trinajstić information content (AvgIpc) is 2.88. The molecule has 0 aliphatic rings. The number of rotatable bonds is 4. The molecule has 0 fully saturated rings. The summed E-state index contributed by atoms with van der Waals surface area (Å²) in [4.78, 5) is 26.6. The zero-order valence-corrected chi connectivity index (χ0v) is 15.7. The van der Waals surface area contributed by atoms with Crippen LogP contribution in [0.4, 0.5) is 5.82 Å². The van der Waals surface area contributed by atoms with Crippen LogP contribution in [0.3, 0.4) is 0 Å². The van der Waals surface area contributed by atoms with Crippen LogP contribution < -0.4 is 5.32 Å². The van der Waals surface area contributed by atoms with E-state index in [0.29, 0.717) is 17.1 Å². The van der Waals surface area contributed by atoms with Crippen LogP contribution in [-0.4, -0.2) is 34.0 Å². The smallest absolute Gasteiger partial charge is 0.254 e. The van der Waals surface area contributed by atoms with Crippen molar-refractivity contribution in [3.63, 3.8) is 0 Å². The molecule has 0 unspecified atom stereocenters. The number of aryl methyl sites for hydroxylation is 1. The molecule has 6 nitrogen and oxygen atoms in total. The van der Waals surface area contributed by atoms with Crippen LogP contribution in [-0.2, 0) is 4.79 Å². The van der Waals surface area contributed by atoms with E-state index in [-0.39, 0.29) is 18.4 Å². The normalized spacial score (nSPS) is 11.2. The van der Waals surface area contributed by atoms with Crippen molar-refractivity contribution in [1.29, 1.82) is 0 Å². The Morgan fingerprint density at radius 3 is 2.54 bits per heavy atom. The predicted molar refractivity (Wildman–Crippen MR) is 94.8 cm³/mol. The average molecular weight is 394 g/mol. The third-order valence-electron chi connectivity index (χ3n) is 3.32. The summed E-state index contributed by atoms with van der Waals surface area (Å²) in [7, 11) is 0. The first-order chi connectivity index (χ1) is 11.2. The van der Waals surface area contributed by atoms with Crippen molar-refractivity contribution < 1.29 is 14.1 Å². The minimum absolute atomic E-state index is 0.0826. The van der Waals surface area contributed by atoms with E-state index in [4.69, 9.17) is 4.52 Å². The number of nitrogens with one attached hydrogen (secondary N) is 1. The van der Waals surface area contributed by atoms with Crippen LogP contribution in [0.1, 0.15) is 36.9 Å². The molecule has 0 atom stereocenters. The van der Waals surface area contributed by atoms with E-state index in [2.05, 4.69) is 26.4 Å². The monoisotopic (exact) mass is 393 g/mol. The number of benzene rings is 1. The van der Waals surface area contributed by atoms with E-state index in [1.54, 1.807) is 31.2 Å². The molecule has 0 saturated heterocycles. The maximum absolute atomic E-state index is 12.8. The molecule has 2 aromatic rings. The summed E-state index contributed by atoms with van der Waals surface area (Å²) < 4.78 is 5.73. The van der Waals surface area contributed by atoms with Crippen LogP contribution in [0.2, 0.25) is 0 Å². The Kier molecular flexibility index (Phi) is 5.43. The largest absolute Gasteiger partial charge is 0.360 e. The predicted octanol–water partition coefficient (Wildman–Crippen LogP) is 3.62. The zero-order valence-electron chi connectivity index (χ0n) is 14.1. The van der Waals surface area contributed by atoms with E-state index in [9.17, 15) is 9.59 Å². The number of anilines is 1. The number of amides is 2. The number of hydrogen-bond donors (Lipinski definition) is 1. The molecular weight excluding hydrogens is 374 g/mol. The lowest BCUT2D eigenvalue weighted by Crippen LogP contribution is -2.49. The van der Waals surface area contributed by atoms with E-state index in [1.165, 1.54) is 4.90 Å². The summed E-state index contributed by atoms with van der Waals surface area (Å²) in [5, 5.41) is 6.36. The fraction of sp³-hybridized carbons (Fsp3) is 0.353. The second-order valence-corrected chi connectivity index (χ2v) is 7.36. The first kappa shape index (κ1) is 18.2. The molecule has 0 radical (unpaired) electrons. The summed E-state index contributed by atoms with van der Waals surface area (Å²) in [6, 6.07) is 8.72. The number of carbonyl (C=O) groups is 2. The van der Waals surface area contributed by atoms with Crippen molar-refractivity contribution in [2.24, 2.45) is 0 Å². The lowest BCUT2D eigenvalue weighted by Gasteiger charge is -2.35. The van der Waals surface area contributed by atoms with Gasteiger partial charge >= 0.3 is 0 Å². The van der Waals surface area contributed by atoms with Crippen molar-refractivity contribution in [2.45, 2.75) is 33.2 Å². The van der Waals surface area contributed by atoms with Gasteiger partial charge in [0.05, 0.1) is 0 Å². The van der Waals surface area contributed by atoms with Crippen molar-refractivity contribution >= 4 is 33.6 Å². The second-order valence-electron chi connectivity index (χ2n) is 6.44. The molecule has 0 saturated carbocycles. The third kappa shape index (κ3) is 4.67. The Balaban J connectivity index is 2.16. The van der Waals surface area contributed by atoms with E-state index in [0.717, 1.165) is 4.47 Å². The summed E-state index contributed by atoms with van der Waals surface area (Å²) in [5.41, 5.74) is 0.000566. The Morgan fingerprint density at radius 1 is 1.29 bits per heavy atom. The van der Waals surface area contributed by atoms with Crippen LogP contribution in [0.5, 0.6) is 0 Å². The molecule has 0 bridgehead atoms. The Bertz CT molecular complexity index is 750. The highest BCUT2D eigenvalue weighted by Crippen LogP contribution is 2.20. The minimum atomic E-state index is -0.517. The number of nitrogens with zero attached hydrogens (tertiary/aromatic N) is 2. The van der Waals surface area contributed by atoms with Gasteiger partial charge < -0.3 is 14.7 Å². The van der Waals surface area contributed by atoms with Gasteiger partial charge in [0, 0.05) is 21.6 Å². The summed E-state index contributed by atoms with van der Waals surface area (Å²) in [5.74, 6) is 0.390. The molecule has 128 valence electrons. The van der Waals surface area contributed by atoms with E-state index < -0.39 is 5.54 Å². The topological polar surface area (TPSA) is 75.4 Å². The van der Waals surface area contributed by atoms with Gasteiger partial charge in [-0.1, -0.05) is 27.2 Å². The quantitative estimate of drug-likeness (QED) is 0.860. The van der Waals surface area contributed by atoms with E-state index in [1.807, 2.05) is 26.8 Å². The van der Waals surface area contributed by atoms with E-state index >= 15 is 0 Å². The van der Waals surface area contributed by atoms with Gasteiger partial charge in [-0.15, -0.1) is 0 Å². The third-order valence-corrected chi connectivity index (χ3v) is 3.82. The molecule has 1 aromatic carbocycles. The van der Waals surface area contributed by atoms with Gasteiger partial charge in [-0.25, -0.2) is 0 Å². The summed E-state index contributed by atoms with van der Waals surface area (Å²) in [6.07, 6.45) is 0. The summed E-state index contributed by atoms with van der Waals surface area (Å²) >= 11 is 3.36. The second kappa shape index (κ2) is 7.17. The molecule has 24 heavy (non-hydrogen) atoms. The Hall–Kier alpha value is -2.15. The fourth-order valence-corrected chi connectivity index (χ4v) is 2.54. The maximum atomic E-state index is 12.8. The zero-order chi connectivity index (χ0) is 17.9. The molecular formula is C17H20BrN3O3. The van der Waals surface area contributed by atoms with Gasteiger partial charge in [0.1, 0.15) is 12.3 Å². The molecule has 2 amide bonds. The number of aromatic nitrogens is 1. The molecule has 1 aromatic heterocycles. The van der Waals surface area contributed by atoms with Crippen molar-refractivity contribution in [2.75, 3.05) is 11.9 Å². The molecule has 1 N–H and O–H groups in total. The first-order valence-corrected chi connectivity index (χ1v) is 8.27. The highest BCUT2D eigenvalue weighted by atomic mass is 79.9. The number of hydrogen-bond acceptors (Lipinski definition) is 4. The lowest BCUT2D eigenvalue weighted by molar-refractivity contribution is -0.117. The molecule has 0 aliphatic heterocycles. The fourth-order valence-electron chi connectivity index (χ4n) is 2.14. The summed E-state index contributed by atoms with van der Waals surface area (Å²) in [6.45, 7) is 7.31. The first-order valence-electron chi connectivity index (χ1n) is 7.47. The molecule has 0 spiro atoms. The Morgan fingerprint density at radius 2 is 2.00 bits per heavy atom. The van der Waals surface area contributed by atoms with Gasteiger partial charge in [-0.3, -0.25) is 9.59 Å². The van der Waals surface area contributed by atoms with Crippen LogP contribution in [0.25, 0.3) is 0 Å². The van der Waals surface area contributed by atoms with Crippen LogP contribution in [0, 0.1) is 6.92 Å². The van der Waals surface area contributed by atoms with Crippen molar-refractivity contribution in [1.82, 2.24) is 10.1 Å². The van der Waals surface area contributed by atoms with Gasteiger partial charge in [-0.2, -0.15) is 0 Å². The maximum Gasteiger partial charge on any atom is 0.254 e. The van der Waals surface area contributed by atoms with Gasteiger partial charge in [-0.05, 0) is 45.9 Å². The standard InChI is InChI=1S/C17H20BrN3O3/c1-11-8-14(20-24-11)19-15(22)10-21(17(2,3)4)16(23)12-6-5-7-13(18)9-12/h5-9H,10H2,1-4H3,(H,19,20,22). The van der Waals surface area contributed by atoms with Crippen molar-refractivity contribution in [3.8, 4) is 0 Å². The Labute approximate surface area is 149 Å². The lowest BCUT2D eigenvalue weighted by atomic mass is 10.0. The van der Waals surface area contributed by atoms with Gasteiger partial charge in [0.2, 0.25) is 5.91 Å². The molecule has 7 heteroatoms. The molecule has 0 aliphatic carbocycles. The molecule has 2 rings (SSSR count). The highest BCUT2D eigenvalue weighted by Gasteiger charge is 2.29. The molecule has 1 heterocycles. The highest BCUT2D eigenvalue weighted by molar-refractivity contribution is 9.10. The van der Waals surface area contributed by atoms with Crippen molar-refractivity contribution in [3.05, 3.63) is 46.1 Å². The SMILES string of the molecule is Cc1cc(NC(=O)CN(C(=O)c2cccc(Br)c2)C(C)(C)C)no1.